The lowest BCUT2D eigenvalue weighted by molar-refractivity contribution is 0.334. The molecule has 2 saturated heterocycles. The minimum absolute atomic E-state index is 0.217. The number of allylic oxidation sites excluding steroid dienone is 5. The fourth-order valence-electron chi connectivity index (χ4n) is 7.24. The first-order chi connectivity index (χ1) is 23.1. The maximum atomic E-state index is 14.9. The van der Waals surface area contributed by atoms with Crippen LogP contribution in [0.4, 0.5) is 4.39 Å². The Hall–Kier alpha value is -4.40. The zero-order valence-electron chi connectivity index (χ0n) is 27.3. The number of fused-ring (bicyclic) bond motifs is 2. The molecule has 3 N–H and O–H groups in total. The molecule has 4 aromatic heterocycles. The van der Waals surface area contributed by atoms with Crippen LogP contribution in [0.5, 0.6) is 0 Å². The van der Waals surface area contributed by atoms with Crippen LogP contribution in [0.15, 0.2) is 79.2 Å². The van der Waals surface area contributed by atoms with Gasteiger partial charge in [0.1, 0.15) is 17.0 Å². The van der Waals surface area contributed by atoms with Gasteiger partial charge in [0, 0.05) is 17.1 Å². The van der Waals surface area contributed by atoms with Crippen LogP contribution in [0, 0.1) is 11.7 Å². The van der Waals surface area contributed by atoms with Crippen LogP contribution in [-0.2, 0) is 6.42 Å². The van der Waals surface area contributed by atoms with Crippen LogP contribution in [0.25, 0.3) is 50.0 Å². The second kappa shape index (κ2) is 14.2. The monoisotopic (exact) mass is 629 g/mol. The number of aromatic nitrogens is 5. The molecule has 0 atom stereocenters. The molecule has 0 spiro atoms. The Kier molecular flexibility index (Phi) is 9.40. The lowest BCUT2D eigenvalue weighted by Gasteiger charge is -2.23. The zero-order chi connectivity index (χ0) is 32.2. The summed E-state index contributed by atoms with van der Waals surface area (Å²) in [5.74, 6) is 0.459. The molecular weight excluding hydrogens is 585 g/mol. The van der Waals surface area contributed by atoms with E-state index in [-0.39, 0.29) is 5.82 Å². The number of rotatable bonds is 11. The van der Waals surface area contributed by atoms with Crippen molar-refractivity contribution in [3.8, 4) is 22.5 Å². The Labute approximate surface area is 276 Å². The number of hydrogen-bond acceptors (Lipinski definition) is 5. The quantitative estimate of drug-likeness (QED) is 0.128. The van der Waals surface area contributed by atoms with Gasteiger partial charge >= 0.3 is 0 Å². The number of nitrogens with zero attached hydrogens (tertiary/aromatic N) is 4. The average Bonchev–Trinajstić information content (AvgIpc) is 3.86. The highest BCUT2D eigenvalue weighted by Crippen LogP contribution is 2.34. The van der Waals surface area contributed by atoms with Gasteiger partial charge in [0.2, 0.25) is 0 Å². The number of pyridine rings is 2. The van der Waals surface area contributed by atoms with Gasteiger partial charge in [0.05, 0.1) is 28.6 Å². The number of piperidine rings is 1. The summed E-state index contributed by atoms with van der Waals surface area (Å²) < 4.78 is 14.9. The van der Waals surface area contributed by atoms with Gasteiger partial charge in [-0.1, -0.05) is 24.8 Å². The van der Waals surface area contributed by atoms with Gasteiger partial charge in [-0.3, -0.25) is 10.1 Å². The number of nitrogens with one attached hydrogen (secondary N) is 3. The molecule has 2 aliphatic rings. The highest BCUT2D eigenvalue weighted by Gasteiger charge is 2.18. The van der Waals surface area contributed by atoms with Crippen LogP contribution in [-0.4, -0.2) is 62.8 Å². The van der Waals surface area contributed by atoms with Crippen molar-refractivity contribution in [1.29, 1.82) is 0 Å². The van der Waals surface area contributed by atoms with E-state index in [4.69, 9.17) is 4.98 Å². The van der Waals surface area contributed by atoms with Crippen LogP contribution in [0.3, 0.4) is 0 Å². The van der Waals surface area contributed by atoms with Gasteiger partial charge < -0.3 is 15.2 Å². The molecule has 6 heterocycles. The van der Waals surface area contributed by atoms with E-state index in [1.165, 1.54) is 44.3 Å². The lowest BCUT2D eigenvalue weighted by atomic mass is 9.90. The molecule has 2 fully saturated rings. The van der Waals surface area contributed by atoms with Crippen molar-refractivity contribution >= 4 is 27.5 Å². The number of H-pyrrole nitrogens is 2. The number of halogens is 1. The van der Waals surface area contributed by atoms with Crippen molar-refractivity contribution < 1.29 is 4.39 Å². The summed E-state index contributed by atoms with van der Waals surface area (Å²) in [7, 11) is 0. The van der Waals surface area contributed by atoms with Crippen molar-refractivity contribution in [1.82, 2.24) is 35.4 Å². The van der Waals surface area contributed by atoms with Crippen molar-refractivity contribution in [2.45, 2.75) is 51.9 Å². The number of likely N-dealkylation sites (tertiary alicyclic amines) is 1. The van der Waals surface area contributed by atoms with E-state index in [0.29, 0.717) is 5.92 Å². The molecule has 0 unspecified atom stereocenters. The molecule has 1 aromatic carbocycles. The zero-order valence-corrected chi connectivity index (χ0v) is 27.3. The molecule has 242 valence electrons. The summed E-state index contributed by atoms with van der Waals surface area (Å²) in [6.45, 7) is 11.8. The number of hydrogen-bond donors (Lipinski definition) is 3. The predicted molar refractivity (Wildman–Crippen MR) is 191 cm³/mol. The Morgan fingerprint density at radius 1 is 1.06 bits per heavy atom. The number of aromatic amines is 2. The van der Waals surface area contributed by atoms with E-state index < -0.39 is 0 Å². The summed E-state index contributed by atoms with van der Waals surface area (Å²) in [5, 5.41) is 12.3. The summed E-state index contributed by atoms with van der Waals surface area (Å²) in [6, 6.07) is 11.6. The highest BCUT2D eigenvalue weighted by molar-refractivity contribution is 6.00. The summed E-state index contributed by atoms with van der Waals surface area (Å²) in [5.41, 5.74) is 10.0. The van der Waals surface area contributed by atoms with Gasteiger partial charge in [0.25, 0.3) is 0 Å². The third kappa shape index (κ3) is 6.99. The molecule has 7 rings (SSSR count). The van der Waals surface area contributed by atoms with Crippen LogP contribution < -0.4 is 5.32 Å². The molecule has 8 heteroatoms. The van der Waals surface area contributed by atoms with Crippen molar-refractivity contribution in [3.63, 3.8) is 0 Å². The van der Waals surface area contributed by atoms with Gasteiger partial charge in [-0.25, -0.2) is 9.37 Å². The van der Waals surface area contributed by atoms with E-state index in [1.807, 2.05) is 30.6 Å². The fraction of sp³-hybridized carbons (Fsp3) is 0.359. The van der Waals surface area contributed by atoms with E-state index >= 15 is 0 Å². The molecule has 7 nitrogen and oxygen atoms in total. The van der Waals surface area contributed by atoms with Crippen LogP contribution >= 0.6 is 0 Å². The standard InChI is InChI=1S/C39H44FN7/c1-3-26(18-27-11-13-41-14-12-27)19-29(4-2)34-9-10-35-38(44-34)39(46-45-35)36-23-32-33(24-42-25-37(32)43-36)30-20-28(21-31(40)22-30)8-7-17-47-15-5-6-16-47/h3-4,9-10,19-25,27,41,43H,1,5-8,11-18H2,2H3,(H,45,46)/b26-19+,29-4+. The summed E-state index contributed by atoms with van der Waals surface area (Å²) in [4.78, 5) is 15.6. The SMILES string of the molecule is C=C/C(=C\C(=C/C)c1ccc2[nH]nc(-c3cc4c(-c5cc(F)cc(CCCN6CCCC6)c5)cncc4[nH]3)c2n1)CC1CCNCC1. The Bertz CT molecular complexity index is 1940. The van der Waals surface area contributed by atoms with E-state index in [0.717, 1.165) is 100 Å². The summed E-state index contributed by atoms with van der Waals surface area (Å²) >= 11 is 0. The third-order valence-corrected chi connectivity index (χ3v) is 9.81. The van der Waals surface area contributed by atoms with E-state index in [9.17, 15) is 4.39 Å². The maximum absolute atomic E-state index is 14.9. The van der Waals surface area contributed by atoms with Crippen LogP contribution in [0.1, 0.15) is 56.7 Å². The minimum Gasteiger partial charge on any atom is -0.352 e. The molecule has 47 heavy (non-hydrogen) atoms. The van der Waals surface area contributed by atoms with Gasteiger partial charge in [-0.2, -0.15) is 5.10 Å². The molecule has 5 aromatic rings. The fourth-order valence-corrected chi connectivity index (χ4v) is 7.24. The molecule has 0 radical (unpaired) electrons. The molecule has 0 bridgehead atoms. The van der Waals surface area contributed by atoms with Gasteiger partial charge in [-0.05, 0) is 149 Å². The predicted octanol–water partition coefficient (Wildman–Crippen LogP) is 8.24. The van der Waals surface area contributed by atoms with Crippen LogP contribution in [0.2, 0.25) is 0 Å². The second-order valence-electron chi connectivity index (χ2n) is 13.1. The van der Waals surface area contributed by atoms with Crippen molar-refractivity contribution in [2.75, 3.05) is 32.7 Å². The Morgan fingerprint density at radius 2 is 1.91 bits per heavy atom. The molecular formula is C39H44FN7. The topological polar surface area (TPSA) is 85.5 Å². The normalized spacial score (nSPS) is 16.9. The first-order valence-electron chi connectivity index (χ1n) is 17.1. The number of benzene rings is 1. The third-order valence-electron chi connectivity index (χ3n) is 9.81. The van der Waals surface area contributed by atoms with Crippen molar-refractivity contribution in [3.05, 3.63) is 96.2 Å². The first-order valence-corrected chi connectivity index (χ1v) is 17.1. The van der Waals surface area contributed by atoms with Gasteiger partial charge in [0.15, 0.2) is 0 Å². The molecule has 0 aliphatic carbocycles. The highest BCUT2D eigenvalue weighted by atomic mass is 19.1. The average molecular weight is 630 g/mol. The lowest BCUT2D eigenvalue weighted by Crippen LogP contribution is -2.27. The van der Waals surface area contributed by atoms with Gasteiger partial charge in [-0.15, -0.1) is 0 Å². The molecule has 2 aliphatic heterocycles. The smallest absolute Gasteiger partial charge is 0.135 e. The largest absolute Gasteiger partial charge is 0.352 e. The summed E-state index contributed by atoms with van der Waals surface area (Å²) in [6.07, 6.45) is 17.8. The van der Waals surface area contributed by atoms with E-state index in [1.54, 1.807) is 12.1 Å². The number of aryl methyl sites for hydroxylation is 1. The molecule has 0 saturated carbocycles. The Morgan fingerprint density at radius 3 is 2.72 bits per heavy atom. The minimum atomic E-state index is -0.217. The first kappa shape index (κ1) is 31.2. The second-order valence-corrected chi connectivity index (χ2v) is 13.1. The maximum Gasteiger partial charge on any atom is 0.135 e. The van der Waals surface area contributed by atoms with Crippen molar-refractivity contribution in [2.24, 2.45) is 5.92 Å². The van der Waals surface area contributed by atoms with E-state index in [2.05, 4.69) is 68.2 Å². The Balaban J connectivity index is 1.17. The molecule has 0 amide bonds.